The lowest BCUT2D eigenvalue weighted by molar-refractivity contribution is 0.140. The van der Waals surface area contributed by atoms with E-state index in [1.54, 1.807) is 0 Å². The van der Waals surface area contributed by atoms with Crippen LogP contribution in [0.5, 0.6) is 0 Å². The summed E-state index contributed by atoms with van der Waals surface area (Å²) in [5.41, 5.74) is 0. The first-order valence-corrected chi connectivity index (χ1v) is 4.52. The summed E-state index contributed by atoms with van der Waals surface area (Å²) in [5.74, 6) is 0. The highest BCUT2D eigenvalue weighted by Gasteiger charge is 2.30. The Morgan fingerprint density at radius 2 is 2.08 bits per heavy atom. The van der Waals surface area contributed by atoms with E-state index in [4.69, 9.17) is 4.74 Å². The molecule has 4 nitrogen and oxygen atoms in total. The molecule has 0 atom stereocenters. The van der Waals surface area contributed by atoms with Crippen molar-refractivity contribution in [3.63, 3.8) is 0 Å². The number of rotatable bonds is 1. The zero-order chi connectivity index (χ0) is 8.39. The predicted molar refractivity (Wildman–Crippen MR) is 51.2 cm³/mol. The van der Waals surface area contributed by atoms with Gasteiger partial charge in [-0.1, -0.05) is 0 Å². The highest BCUT2D eigenvalue weighted by molar-refractivity contribution is 5.85. The van der Waals surface area contributed by atoms with Crippen LogP contribution in [0.3, 0.4) is 0 Å². The second kappa shape index (κ2) is 4.67. The fourth-order valence-electron chi connectivity index (χ4n) is 1.86. The van der Waals surface area contributed by atoms with Gasteiger partial charge in [-0.3, -0.25) is 0 Å². The molecule has 0 aromatic heterocycles. The third kappa shape index (κ3) is 2.25. The van der Waals surface area contributed by atoms with Crippen molar-refractivity contribution in [3.05, 3.63) is 0 Å². The molecule has 76 valence electrons. The quantitative estimate of drug-likeness (QED) is 0.684. The van der Waals surface area contributed by atoms with Gasteiger partial charge in [0.2, 0.25) is 0 Å². The molecule has 2 saturated heterocycles. The number of ether oxygens (including phenoxy) is 1. The minimum Gasteiger partial charge on any atom is -0.448 e. The Morgan fingerprint density at radius 1 is 1.38 bits per heavy atom. The van der Waals surface area contributed by atoms with Gasteiger partial charge in [0.1, 0.15) is 6.61 Å². The minimum atomic E-state index is -0.123. The van der Waals surface area contributed by atoms with Gasteiger partial charge in [0.05, 0.1) is 6.54 Å². The van der Waals surface area contributed by atoms with Crippen molar-refractivity contribution in [2.24, 2.45) is 0 Å². The minimum absolute atomic E-state index is 0. The Labute approximate surface area is 84.0 Å². The highest BCUT2D eigenvalue weighted by atomic mass is 35.5. The monoisotopic (exact) mass is 206 g/mol. The number of nitrogens with zero attached hydrogens (tertiary/aromatic N) is 1. The van der Waals surface area contributed by atoms with E-state index < -0.39 is 0 Å². The maximum Gasteiger partial charge on any atom is 0.410 e. The predicted octanol–water partition coefficient (Wildman–Crippen LogP) is 0.612. The van der Waals surface area contributed by atoms with Crippen LogP contribution in [0.4, 0.5) is 4.79 Å². The van der Waals surface area contributed by atoms with Gasteiger partial charge >= 0.3 is 6.09 Å². The molecule has 0 aliphatic carbocycles. The van der Waals surface area contributed by atoms with Crippen LogP contribution < -0.4 is 5.32 Å². The first-order valence-electron chi connectivity index (χ1n) is 4.52. The molecule has 0 aromatic carbocycles. The second-order valence-corrected chi connectivity index (χ2v) is 3.29. The number of halogens is 1. The number of piperidine rings is 1. The Balaban J connectivity index is 0.000000845. The second-order valence-electron chi connectivity index (χ2n) is 3.29. The lowest BCUT2D eigenvalue weighted by Gasteiger charge is -2.29. The van der Waals surface area contributed by atoms with Gasteiger partial charge in [0.25, 0.3) is 0 Å². The molecule has 1 N–H and O–H groups in total. The van der Waals surface area contributed by atoms with Crippen molar-refractivity contribution >= 4 is 18.5 Å². The van der Waals surface area contributed by atoms with Crippen LogP contribution in [-0.4, -0.2) is 43.3 Å². The van der Waals surface area contributed by atoms with E-state index in [-0.39, 0.29) is 18.5 Å². The van der Waals surface area contributed by atoms with Crippen molar-refractivity contribution < 1.29 is 9.53 Å². The normalized spacial score (nSPS) is 24.0. The summed E-state index contributed by atoms with van der Waals surface area (Å²) in [5, 5.41) is 3.27. The number of carbonyl (C=O) groups is 1. The molecule has 2 heterocycles. The van der Waals surface area contributed by atoms with E-state index in [1.165, 1.54) is 0 Å². The van der Waals surface area contributed by atoms with Crippen LogP contribution in [0.25, 0.3) is 0 Å². The smallest absolute Gasteiger partial charge is 0.410 e. The third-order valence-electron chi connectivity index (χ3n) is 2.54. The number of carbonyl (C=O) groups excluding carboxylic acids is 1. The largest absolute Gasteiger partial charge is 0.448 e. The van der Waals surface area contributed by atoms with Gasteiger partial charge in [-0.25, -0.2) is 4.79 Å². The average Bonchev–Trinajstić information content (AvgIpc) is 2.53. The van der Waals surface area contributed by atoms with E-state index in [9.17, 15) is 4.79 Å². The van der Waals surface area contributed by atoms with Crippen molar-refractivity contribution in [2.75, 3.05) is 26.2 Å². The molecule has 2 aliphatic rings. The van der Waals surface area contributed by atoms with Crippen LogP contribution in [0, 0.1) is 0 Å². The van der Waals surface area contributed by atoms with Crippen LogP contribution in [0.2, 0.25) is 0 Å². The highest BCUT2D eigenvalue weighted by Crippen LogP contribution is 2.15. The Kier molecular flexibility index (Phi) is 3.81. The molecular formula is C8H15ClN2O2. The zero-order valence-electron chi connectivity index (χ0n) is 7.49. The number of amides is 1. The van der Waals surface area contributed by atoms with Crippen molar-refractivity contribution in [1.82, 2.24) is 10.2 Å². The van der Waals surface area contributed by atoms with Crippen LogP contribution in [0.1, 0.15) is 12.8 Å². The Morgan fingerprint density at radius 3 is 2.62 bits per heavy atom. The molecular weight excluding hydrogens is 192 g/mol. The summed E-state index contributed by atoms with van der Waals surface area (Å²) in [7, 11) is 0. The van der Waals surface area contributed by atoms with Crippen molar-refractivity contribution in [1.29, 1.82) is 0 Å². The molecule has 13 heavy (non-hydrogen) atoms. The number of cyclic esters (lactones) is 1. The van der Waals surface area contributed by atoms with Gasteiger partial charge in [0.15, 0.2) is 0 Å². The molecule has 0 saturated carbocycles. The standard InChI is InChI=1S/C8H14N2O2.ClH/c11-8-10(5-6-12-8)7-1-3-9-4-2-7;/h7,9H,1-6H2;1H. The summed E-state index contributed by atoms with van der Waals surface area (Å²) in [6.45, 7) is 3.40. The van der Waals surface area contributed by atoms with Gasteiger partial charge < -0.3 is 15.0 Å². The molecule has 0 aromatic rings. The Hall–Kier alpha value is -0.480. The maximum atomic E-state index is 11.2. The van der Waals surface area contributed by atoms with E-state index in [0.29, 0.717) is 12.6 Å². The lowest BCUT2D eigenvalue weighted by Crippen LogP contribution is -2.43. The lowest BCUT2D eigenvalue weighted by atomic mass is 10.1. The topological polar surface area (TPSA) is 41.6 Å². The zero-order valence-corrected chi connectivity index (χ0v) is 8.31. The van der Waals surface area contributed by atoms with E-state index in [0.717, 1.165) is 32.5 Å². The fourth-order valence-corrected chi connectivity index (χ4v) is 1.86. The van der Waals surface area contributed by atoms with Crippen LogP contribution in [-0.2, 0) is 4.74 Å². The summed E-state index contributed by atoms with van der Waals surface area (Å²) >= 11 is 0. The molecule has 2 fully saturated rings. The molecule has 2 rings (SSSR count). The molecule has 0 unspecified atom stereocenters. The number of hydrogen-bond acceptors (Lipinski definition) is 3. The van der Waals surface area contributed by atoms with E-state index in [1.807, 2.05) is 4.90 Å². The van der Waals surface area contributed by atoms with E-state index in [2.05, 4.69) is 5.32 Å². The molecule has 1 amide bonds. The summed E-state index contributed by atoms with van der Waals surface area (Å²) in [4.78, 5) is 13.0. The van der Waals surface area contributed by atoms with Gasteiger partial charge in [-0.05, 0) is 25.9 Å². The van der Waals surface area contributed by atoms with E-state index >= 15 is 0 Å². The van der Waals surface area contributed by atoms with Gasteiger partial charge in [-0.2, -0.15) is 0 Å². The summed E-state index contributed by atoms with van der Waals surface area (Å²) < 4.78 is 4.89. The summed E-state index contributed by atoms with van der Waals surface area (Å²) in [6, 6.07) is 0.418. The molecule has 5 heteroatoms. The Bertz CT molecular complexity index is 183. The van der Waals surface area contributed by atoms with Crippen molar-refractivity contribution in [3.8, 4) is 0 Å². The first-order chi connectivity index (χ1) is 5.88. The van der Waals surface area contributed by atoms with Crippen LogP contribution in [0.15, 0.2) is 0 Å². The molecule has 0 spiro atoms. The average molecular weight is 207 g/mol. The molecule has 0 bridgehead atoms. The van der Waals surface area contributed by atoms with Crippen molar-refractivity contribution in [2.45, 2.75) is 18.9 Å². The molecule has 0 radical (unpaired) electrons. The van der Waals surface area contributed by atoms with Crippen LogP contribution >= 0.6 is 12.4 Å². The molecule has 2 aliphatic heterocycles. The number of hydrogen-bond donors (Lipinski definition) is 1. The fraction of sp³-hybridized carbons (Fsp3) is 0.875. The number of nitrogens with one attached hydrogen (secondary N) is 1. The summed E-state index contributed by atoms with van der Waals surface area (Å²) in [6.07, 6.45) is 2.01. The first kappa shape index (κ1) is 10.6. The van der Waals surface area contributed by atoms with Gasteiger partial charge in [-0.15, -0.1) is 12.4 Å². The maximum absolute atomic E-state index is 11.2. The van der Waals surface area contributed by atoms with Gasteiger partial charge in [0, 0.05) is 6.04 Å². The SMILES string of the molecule is Cl.O=C1OCCN1C1CCNCC1. The third-order valence-corrected chi connectivity index (χ3v) is 2.54.